The van der Waals surface area contributed by atoms with E-state index in [1.165, 1.54) is 25.0 Å². The smallest absolute Gasteiger partial charge is 0.341 e. The van der Waals surface area contributed by atoms with E-state index in [1.807, 2.05) is 0 Å². The van der Waals surface area contributed by atoms with Crippen molar-refractivity contribution in [3.05, 3.63) is 70.0 Å². The molecule has 0 radical (unpaired) electrons. The zero-order valence-electron chi connectivity index (χ0n) is 23.0. The van der Waals surface area contributed by atoms with E-state index in [1.54, 1.807) is 18.2 Å². The van der Waals surface area contributed by atoms with E-state index in [0.717, 1.165) is 62.8 Å². The van der Waals surface area contributed by atoms with Crippen LogP contribution in [0.1, 0.15) is 136 Å². The summed E-state index contributed by atoms with van der Waals surface area (Å²) < 4.78 is 50.5. The summed E-state index contributed by atoms with van der Waals surface area (Å²) in [5, 5.41) is 0. The summed E-state index contributed by atoms with van der Waals surface area (Å²) in [5.41, 5.74) is 1.80. The number of hydrogen-bond donors (Lipinski definition) is 0. The molecule has 0 aliphatic heterocycles. The summed E-state index contributed by atoms with van der Waals surface area (Å²) in [6, 6.07) is 8.32. The lowest BCUT2D eigenvalue weighted by molar-refractivity contribution is 0.0189. The molecule has 0 N–H and O–H groups in total. The van der Waals surface area contributed by atoms with Crippen LogP contribution in [-0.4, -0.2) is 12.1 Å². The maximum Gasteiger partial charge on any atom is 0.341 e. The highest BCUT2D eigenvalue weighted by Gasteiger charge is 2.31. The maximum absolute atomic E-state index is 15.2. The standard InChI is InChI=1S/C33H43F3O2/c1-3-5-6-8-23-11-18-29(30(34)21-23)33(37)38-26-16-14-25(15-17-26)28-20-19-27(31(35)32(28)36)24-12-9-22(7-4-2)10-13-24/h11,18-22,24-26H,3-10,12-17H2,1-2H3. The first-order valence-electron chi connectivity index (χ1n) is 14.9. The van der Waals surface area contributed by atoms with Crippen molar-refractivity contribution >= 4 is 5.97 Å². The van der Waals surface area contributed by atoms with Gasteiger partial charge < -0.3 is 4.74 Å². The van der Waals surface area contributed by atoms with E-state index in [9.17, 15) is 9.18 Å². The van der Waals surface area contributed by atoms with Gasteiger partial charge in [0.15, 0.2) is 11.6 Å². The van der Waals surface area contributed by atoms with E-state index < -0.39 is 23.4 Å². The normalized spacial score (nSPS) is 23.8. The van der Waals surface area contributed by atoms with Crippen molar-refractivity contribution in [2.45, 2.75) is 122 Å². The van der Waals surface area contributed by atoms with Gasteiger partial charge in [-0.1, -0.05) is 57.7 Å². The number of carbonyl (C=O) groups excluding carboxylic acids is 1. The number of esters is 1. The first kappa shape index (κ1) is 28.7. The summed E-state index contributed by atoms with van der Waals surface area (Å²) in [6.07, 6.45) is 12.4. The molecular formula is C33H43F3O2. The Bertz CT molecular complexity index is 1070. The highest BCUT2D eigenvalue weighted by molar-refractivity contribution is 5.89. The Morgan fingerprint density at radius 2 is 1.39 bits per heavy atom. The highest BCUT2D eigenvalue weighted by atomic mass is 19.2. The summed E-state index contributed by atoms with van der Waals surface area (Å²) in [6.45, 7) is 4.32. The molecule has 0 heterocycles. The van der Waals surface area contributed by atoms with E-state index >= 15 is 8.78 Å². The minimum atomic E-state index is -0.709. The SMILES string of the molecule is CCCCCc1ccc(C(=O)OC2CCC(c3ccc(C4CCC(CCC)CC4)c(F)c3F)CC2)c(F)c1. The summed E-state index contributed by atoms with van der Waals surface area (Å²) in [7, 11) is 0. The van der Waals surface area contributed by atoms with Crippen molar-refractivity contribution < 1.29 is 22.7 Å². The van der Waals surface area contributed by atoms with Crippen LogP contribution in [0.25, 0.3) is 0 Å². The lowest BCUT2D eigenvalue weighted by atomic mass is 9.76. The average molecular weight is 529 g/mol. The maximum atomic E-state index is 15.2. The zero-order chi connectivity index (χ0) is 27.1. The Labute approximate surface area is 226 Å². The van der Waals surface area contributed by atoms with Gasteiger partial charge in [0.2, 0.25) is 0 Å². The third kappa shape index (κ3) is 7.01. The molecule has 0 aromatic heterocycles. The van der Waals surface area contributed by atoms with Gasteiger partial charge in [-0.05, 0) is 111 Å². The number of rotatable bonds is 10. The third-order valence-electron chi connectivity index (χ3n) is 8.84. The molecule has 38 heavy (non-hydrogen) atoms. The van der Waals surface area contributed by atoms with Gasteiger partial charge in [-0.3, -0.25) is 0 Å². The molecule has 2 fully saturated rings. The molecule has 2 aliphatic rings. The van der Waals surface area contributed by atoms with E-state index in [2.05, 4.69) is 13.8 Å². The van der Waals surface area contributed by atoms with Gasteiger partial charge in [-0.15, -0.1) is 0 Å². The number of unbranched alkanes of at least 4 members (excludes halogenated alkanes) is 2. The van der Waals surface area contributed by atoms with Crippen LogP contribution in [0.4, 0.5) is 13.2 Å². The molecule has 0 atom stereocenters. The molecule has 5 heteroatoms. The van der Waals surface area contributed by atoms with Crippen molar-refractivity contribution in [1.82, 2.24) is 0 Å². The molecule has 2 aromatic carbocycles. The molecule has 2 nitrogen and oxygen atoms in total. The zero-order valence-corrected chi connectivity index (χ0v) is 23.0. The lowest BCUT2D eigenvalue weighted by Gasteiger charge is -2.31. The molecule has 2 saturated carbocycles. The topological polar surface area (TPSA) is 26.3 Å². The number of hydrogen-bond acceptors (Lipinski definition) is 2. The second kappa shape index (κ2) is 13.7. The van der Waals surface area contributed by atoms with Crippen LogP contribution >= 0.6 is 0 Å². The first-order valence-corrected chi connectivity index (χ1v) is 14.9. The van der Waals surface area contributed by atoms with E-state index in [-0.39, 0.29) is 23.5 Å². The molecule has 0 spiro atoms. The second-order valence-electron chi connectivity index (χ2n) is 11.5. The minimum absolute atomic E-state index is 0.0428. The molecule has 0 unspecified atom stereocenters. The van der Waals surface area contributed by atoms with Gasteiger partial charge in [0.25, 0.3) is 0 Å². The van der Waals surface area contributed by atoms with Gasteiger partial charge >= 0.3 is 5.97 Å². The molecule has 0 bridgehead atoms. The van der Waals surface area contributed by atoms with E-state index in [0.29, 0.717) is 36.8 Å². The predicted molar refractivity (Wildman–Crippen MR) is 146 cm³/mol. The fourth-order valence-electron chi connectivity index (χ4n) is 6.55. The predicted octanol–water partition coefficient (Wildman–Crippen LogP) is 9.79. The van der Waals surface area contributed by atoms with Crippen LogP contribution in [0.5, 0.6) is 0 Å². The summed E-state index contributed by atoms with van der Waals surface area (Å²) in [4.78, 5) is 12.6. The fraction of sp³-hybridized carbons (Fsp3) is 0.606. The monoisotopic (exact) mass is 528 g/mol. The van der Waals surface area contributed by atoms with Gasteiger partial charge in [0.05, 0.1) is 5.56 Å². The molecule has 2 aliphatic carbocycles. The average Bonchev–Trinajstić information content (AvgIpc) is 2.92. The van der Waals surface area contributed by atoms with Crippen molar-refractivity contribution in [1.29, 1.82) is 0 Å². The Morgan fingerprint density at radius 3 is 1.95 bits per heavy atom. The molecule has 0 saturated heterocycles. The fourth-order valence-corrected chi connectivity index (χ4v) is 6.55. The largest absolute Gasteiger partial charge is 0.459 e. The molecule has 2 aromatic rings. The van der Waals surface area contributed by atoms with Gasteiger partial charge in [0.1, 0.15) is 11.9 Å². The van der Waals surface area contributed by atoms with Crippen LogP contribution in [0.15, 0.2) is 30.3 Å². The number of halogens is 3. The molecule has 4 rings (SSSR count). The number of aryl methyl sites for hydroxylation is 1. The number of carbonyl (C=O) groups is 1. The van der Waals surface area contributed by atoms with Crippen LogP contribution in [0, 0.1) is 23.4 Å². The molecule has 0 amide bonds. The Hall–Kier alpha value is -2.30. The highest BCUT2D eigenvalue weighted by Crippen LogP contribution is 2.41. The lowest BCUT2D eigenvalue weighted by Crippen LogP contribution is -2.25. The molecular weight excluding hydrogens is 485 g/mol. The third-order valence-corrected chi connectivity index (χ3v) is 8.84. The van der Waals surface area contributed by atoms with E-state index in [4.69, 9.17) is 4.74 Å². The van der Waals surface area contributed by atoms with Crippen molar-refractivity contribution in [2.75, 3.05) is 0 Å². The van der Waals surface area contributed by atoms with Crippen LogP contribution in [0.2, 0.25) is 0 Å². The molecule has 208 valence electrons. The van der Waals surface area contributed by atoms with Gasteiger partial charge in [0, 0.05) is 0 Å². The van der Waals surface area contributed by atoms with Crippen molar-refractivity contribution in [3.63, 3.8) is 0 Å². The Kier molecular flexibility index (Phi) is 10.3. The van der Waals surface area contributed by atoms with Crippen LogP contribution < -0.4 is 0 Å². The van der Waals surface area contributed by atoms with Crippen LogP contribution in [-0.2, 0) is 11.2 Å². The first-order chi connectivity index (χ1) is 18.4. The van der Waals surface area contributed by atoms with Crippen molar-refractivity contribution in [3.8, 4) is 0 Å². The Morgan fingerprint density at radius 1 is 0.789 bits per heavy atom. The summed E-state index contributed by atoms with van der Waals surface area (Å²) >= 11 is 0. The number of ether oxygens (including phenoxy) is 1. The van der Waals surface area contributed by atoms with Gasteiger partial charge in [-0.25, -0.2) is 18.0 Å². The van der Waals surface area contributed by atoms with Crippen molar-refractivity contribution in [2.24, 2.45) is 5.92 Å². The van der Waals surface area contributed by atoms with Crippen LogP contribution in [0.3, 0.4) is 0 Å². The van der Waals surface area contributed by atoms with Gasteiger partial charge in [-0.2, -0.15) is 0 Å². The summed E-state index contributed by atoms with van der Waals surface area (Å²) in [5.74, 6) is -1.86. The quantitative estimate of drug-likeness (QED) is 0.227. The number of benzene rings is 2. The Balaban J connectivity index is 1.31. The second-order valence-corrected chi connectivity index (χ2v) is 11.5. The minimum Gasteiger partial charge on any atom is -0.459 e.